The maximum Gasteiger partial charge on any atom is 0.356 e. The van der Waals surface area contributed by atoms with Gasteiger partial charge in [-0.25, -0.2) is 14.8 Å². The minimum atomic E-state index is -0.464. The Bertz CT molecular complexity index is 963. The lowest BCUT2D eigenvalue weighted by molar-refractivity contribution is 0.0594. The molecule has 0 amide bonds. The molecule has 0 aliphatic carbocycles. The highest BCUT2D eigenvalue weighted by Crippen LogP contribution is 2.23. The number of carbonyl (C=O) groups is 1. The maximum atomic E-state index is 11.8. The van der Waals surface area contributed by atoms with Crippen molar-refractivity contribution in [3.63, 3.8) is 0 Å². The fourth-order valence-electron chi connectivity index (χ4n) is 3.01. The molecule has 2 aromatic heterocycles. The van der Waals surface area contributed by atoms with Gasteiger partial charge in [0.1, 0.15) is 11.3 Å². The van der Waals surface area contributed by atoms with Crippen LogP contribution >= 0.6 is 11.6 Å². The number of fused-ring (bicyclic) bond motifs is 1. The summed E-state index contributed by atoms with van der Waals surface area (Å²) >= 11 is 6.51. The van der Waals surface area contributed by atoms with Crippen molar-refractivity contribution in [3.8, 4) is 0 Å². The Labute approximate surface area is 158 Å². The van der Waals surface area contributed by atoms with E-state index in [2.05, 4.69) is 35.9 Å². The number of aryl methyl sites for hydroxylation is 1. The minimum absolute atomic E-state index is 0.263. The highest BCUT2D eigenvalue weighted by atomic mass is 35.5. The van der Waals surface area contributed by atoms with E-state index in [1.807, 2.05) is 17.6 Å². The zero-order valence-corrected chi connectivity index (χ0v) is 16.2. The number of ether oxygens (including phenoxy) is 1. The molecule has 0 saturated heterocycles. The normalized spacial score (nSPS) is 11.3. The van der Waals surface area contributed by atoms with E-state index in [9.17, 15) is 4.79 Å². The Kier molecular flexibility index (Phi) is 5.28. The Balaban J connectivity index is 1.98. The minimum Gasteiger partial charge on any atom is -0.464 e. The monoisotopic (exact) mass is 371 g/mol. The van der Waals surface area contributed by atoms with Crippen LogP contribution < -0.4 is 0 Å². The zero-order chi connectivity index (χ0) is 18.8. The van der Waals surface area contributed by atoms with Gasteiger partial charge in [0.05, 0.1) is 13.7 Å². The molecule has 136 valence electrons. The average Bonchev–Trinajstić information content (AvgIpc) is 2.90. The maximum absolute atomic E-state index is 11.8. The van der Waals surface area contributed by atoms with Gasteiger partial charge >= 0.3 is 5.97 Å². The highest BCUT2D eigenvalue weighted by molar-refractivity contribution is 6.31. The summed E-state index contributed by atoms with van der Waals surface area (Å²) < 4.78 is 6.73. The van der Waals surface area contributed by atoms with Gasteiger partial charge in [-0.1, -0.05) is 37.6 Å². The topological polar surface area (TPSA) is 57.0 Å². The van der Waals surface area contributed by atoms with Crippen LogP contribution in [-0.2, 0) is 17.7 Å². The largest absolute Gasteiger partial charge is 0.464 e. The molecule has 0 fully saturated rings. The van der Waals surface area contributed by atoms with E-state index in [1.165, 1.54) is 12.7 Å². The standard InChI is InChI=1S/C20H22ClN3O2/c1-12(2)9-14-5-6-15(16(21)10-14)11-24-13(3)22-17-7-8-18(20(25)26-4)23-19(17)24/h5-8,10,12H,9,11H2,1-4H3. The molecule has 26 heavy (non-hydrogen) atoms. The predicted molar refractivity (Wildman–Crippen MR) is 103 cm³/mol. The summed E-state index contributed by atoms with van der Waals surface area (Å²) in [7, 11) is 1.34. The number of benzene rings is 1. The Morgan fingerprint density at radius 3 is 2.65 bits per heavy atom. The Morgan fingerprint density at radius 1 is 1.23 bits per heavy atom. The van der Waals surface area contributed by atoms with Gasteiger partial charge in [-0.15, -0.1) is 0 Å². The van der Waals surface area contributed by atoms with E-state index in [1.54, 1.807) is 12.1 Å². The van der Waals surface area contributed by atoms with E-state index in [4.69, 9.17) is 16.3 Å². The molecule has 3 aromatic rings. The fraction of sp³-hybridized carbons (Fsp3) is 0.350. The van der Waals surface area contributed by atoms with Gasteiger partial charge in [-0.05, 0) is 48.6 Å². The second-order valence-corrected chi connectivity index (χ2v) is 7.21. The van der Waals surface area contributed by atoms with Crippen molar-refractivity contribution >= 4 is 28.7 Å². The van der Waals surface area contributed by atoms with Crippen molar-refractivity contribution < 1.29 is 9.53 Å². The lowest BCUT2D eigenvalue weighted by atomic mass is 10.0. The van der Waals surface area contributed by atoms with Crippen molar-refractivity contribution in [3.05, 3.63) is 58.0 Å². The van der Waals surface area contributed by atoms with Crippen LogP contribution in [0.2, 0.25) is 5.02 Å². The lowest BCUT2D eigenvalue weighted by Gasteiger charge is -2.11. The van der Waals surface area contributed by atoms with E-state index < -0.39 is 5.97 Å². The van der Waals surface area contributed by atoms with Crippen molar-refractivity contribution in [2.75, 3.05) is 7.11 Å². The first kappa shape index (κ1) is 18.4. The molecule has 0 aliphatic heterocycles. The number of pyridine rings is 1. The quantitative estimate of drug-likeness (QED) is 0.623. The van der Waals surface area contributed by atoms with Gasteiger partial charge in [-0.2, -0.15) is 0 Å². The molecule has 3 rings (SSSR count). The zero-order valence-electron chi connectivity index (χ0n) is 15.4. The number of hydrogen-bond acceptors (Lipinski definition) is 4. The van der Waals surface area contributed by atoms with Crippen LogP contribution in [0.4, 0.5) is 0 Å². The van der Waals surface area contributed by atoms with Gasteiger partial charge in [0, 0.05) is 5.02 Å². The van der Waals surface area contributed by atoms with Gasteiger partial charge < -0.3 is 9.30 Å². The molecule has 5 nitrogen and oxygen atoms in total. The molecular formula is C20H22ClN3O2. The second kappa shape index (κ2) is 7.46. The number of aromatic nitrogens is 3. The van der Waals surface area contributed by atoms with Crippen molar-refractivity contribution in [1.29, 1.82) is 0 Å². The van der Waals surface area contributed by atoms with Crippen LogP contribution in [0, 0.1) is 12.8 Å². The molecule has 0 aliphatic rings. The van der Waals surface area contributed by atoms with E-state index in [0.717, 1.165) is 28.3 Å². The van der Waals surface area contributed by atoms with E-state index in [0.29, 0.717) is 18.1 Å². The average molecular weight is 372 g/mol. The Morgan fingerprint density at radius 2 is 2.00 bits per heavy atom. The number of methoxy groups -OCH3 is 1. The number of carbonyl (C=O) groups excluding carboxylic acids is 1. The third-order valence-corrected chi connectivity index (χ3v) is 4.62. The van der Waals surface area contributed by atoms with Crippen LogP contribution in [0.25, 0.3) is 11.2 Å². The second-order valence-electron chi connectivity index (χ2n) is 6.80. The first-order valence-corrected chi connectivity index (χ1v) is 8.96. The number of hydrogen-bond donors (Lipinski definition) is 0. The molecule has 0 spiro atoms. The van der Waals surface area contributed by atoms with Crippen LogP contribution in [0.3, 0.4) is 0 Å². The summed E-state index contributed by atoms with van der Waals surface area (Å²) in [5, 5.41) is 0.730. The first-order chi connectivity index (χ1) is 12.4. The molecule has 1 aromatic carbocycles. The predicted octanol–water partition coefficient (Wildman–Crippen LogP) is 4.43. The Hall–Kier alpha value is -2.40. The smallest absolute Gasteiger partial charge is 0.356 e. The van der Waals surface area contributed by atoms with Gasteiger partial charge in [0.25, 0.3) is 0 Å². The molecule has 0 N–H and O–H groups in total. The highest BCUT2D eigenvalue weighted by Gasteiger charge is 2.15. The van der Waals surface area contributed by atoms with E-state index in [-0.39, 0.29) is 5.69 Å². The fourth-order valence-corrected chi connectivity index (χ4v) is 3.27. The van der Waals surface area contributed by atoms with Gasteiger partial charge in [0.15, 0.2) is 11.3 Å². The van der Waals surface area contributed by atoms with Gasteiger partial charge in [0.2, 0.25) is 0 Å². The van der Waals surface area contributed by atoms with E-state index >= 15 is 0 Å². The molecule has 0 saturated carbocycles. The summed E-state index contributed by atoms with van der Waals surface area (Å²) in [6.45, 7) is 6.84. The van der Waals surface area contributed by atoms with Crippen LogP contribution in [-0.4, -0.2) is 27.6 Å². The van der Waals surface area contributed by atoms with Crippen LogP contribution in [0.15, 0.2) is 30.3 Å². The number of esters is 1. The molecule has 2 heterocycles. The summed E-state index contributed by atoms with van der Waals surface area (Å²) in [6.07, 6.45) is 0.997. The lowest BCUT2D eigenvalue weighted by Crippen LogP contribution is -2.08. The summed E-state index contributed by atoms with van der Waals surface area (Å²) in [4.78, 5) is 20.7. The third-order valence-electron chi connectivity index (χ3n) is 4.27. The van der Waals surface area contributed by atoms with Crippen LogP contribution in [0.5, 0.6) is 0 Å². The number of rotatable bonds is 5. The molecule has 0 bridgehead atoms. The molecular weight excluding hydrogens is 350 g/mol. The first-order valence-electron chi connectivity index (χ1n) is 8.58. The van der Waals surface area contributed by atoms with Crippen molar-refractivity contribution in [2.24, 2.45) is 5.92 Å². The molecule has 0 radical (unpaired) electrons. The van der Waals surface area contributed by atoms with Crippen LogP contribution in [0.1, 0.15) is 41.3 Å². The van der Waals surface area contributed by atoms with Crippen molar-refractivity contribution in [1.82, 2.24) is 14.5 Å². The molecule has 0 atom stereocenters. The summed E-state index contributed by atoms with van der Waals surface area (Å²) in [5.41, 5.74) is 3.87. The number of nitrogens with zero attached hydrogens (tertiary/aromatic N) is 3. The SMILES string of the molecule is COC(=O)c1ccc2nc(C)n(Cc3ccc(CC(C)C)cc3Cl)c2n1. The molecule has 6 heteroatoms. The number of halogens is 1. The molecule has 0 unspecified atom stereocenters. The van der Waals surface area contributed by atoms with Gasteiger partial charge in [-0.3, -0.25) is 0 Å². The van der Waals surface area contributed by atoms with Crippen molar-refractivity contribution in [2.45, 2.75) is 33.7 Å². The number of imidazole rings is 1. The third kappa shape index (κ3) is 3.73. The summed E-state index contributed by atoms with van der Waals surface area (Å²) in [6, 6.07) is 9.60. The summed E-state index contributed by atoms with van der Waals surface area (Å²) in [5.74, 6) is 0.933.